The number of benzene rings is 1. The third-order valence-corrected chi connectivity index (χ3v) is 3.77. The Labute approximate surface area is 109 Å². The molecule has 2 unspecified atom stereocenters. The van der Waals surface area contributed by atoms with Crippen LogP contribution in [0.1, 0.15) is 55.8 Å². The zero-order chi connectivity index (χ0) is 13.4. The summed E-state index contributed by atoms with van der Waals surface area (Å²) >= 11 is 0. The van der Waals surface area contributed by atoms with Crippen LogP contribution in [0.25, 0.3) is 0 Å². The van der Waals surface area contributed by atoms with E-state index in [9.17, 15) is 4.79 Å². The molecule has 0 radical (unpaired) electrons. The molecule has 18 heavy (non-hydrogen) atoms. The monoisotopic (exact) mass is 246 g/mol. The van der Waals surface area contributed by atoms with Gasteiger partial charge in [0.2, 0.25) is 5.91 Å². The SMILES string of the molecule is CCC1C(=O)Nc2c1cc(C)cc2C(N)C(C)C. The first-order valence-electron chi connectivity index (χ1n) is 6.66. The van der Waals surface area contributed by atoms with Crippen LogP contribution >= 0.6 is 0 Å². The van der Waals surface area contributed by atoms with Crippen LogP contribution < -0.4 is 11.1 Å². The molecule has 1 aliphatic rings. The Bertz CT molecular complexity index is 480. The molecule has 98 valence electrons. The van der Waals surface area contributed by atoms with E-state index in [1.807, 2.05) is 6.92 Å². The molecule has 2 rings (SSSR count). The molecule has 0 spiro atoms. The maximum absolute atomic E-state index is 12.0. The Morgan fingerprint density at radius 1 is 1.39 bits per heavy atom. The van der Waals surface area contributed by atoms with E-state index in [4.69, 9.17) is 5.73 Å². The summed E-state index contributed by atoms with van der Waals surface area (Å²) in [6, 6.07) is 4.18. The predicted molar refractivity (Wildman–Crippen MR) is 74.6 cm³/mol. The minimum atomic E-state index is -0.0328. The van der Waals surface area contributed by atoms with Gasteiger partial charge in [-0.1, -0.05) is 38.5 Å². The lowest BCUT2D eigenvalue weighted by Gasteiger charge is -2.20. The molecule has 1 aromatic rings. The summed E-state index contributed by atoms with van der Waals surface area (Å²) in [7, 11) is 0. The van der Waals surface area contributed by atoms with E-state index < -0.39 is 0 Å². The number of aryl methyl sites for hydroxylation is 1. The summed E-state index contributed by atoms with van der Waals surface area (Å²) in [6.45, 7) is 8.32. The molecule has 0 fully saturated rings. The highest BCUT2D eigenvalue weighted by Crippen LogP contribution is 2.40. The van der Waals surface area contributed by atoms with Crippen LogP contribution in [0.4, 0.5) is 5.69 Å². The molecule has 3 nitrogen and oxygen atoms in total. The van der Waals surface area contributed by atoms with Gasteiger partial charge in [-0.25, -0.2) is 0 Å². The molecule has 2 atom stereocenters. The average Bonchev–Trinajstić information content (AvgIpc) is 2.62. The quantitative estimate of drug-likeness (QED) is 0.861. The van der Waals surface area contributed by atoms with Crippen molar-refractivity contribution in [3.8, 4) is 0 Å². The van der Waals surface area contributed by atoms with Gasteiger partial charge >= 0.3 is 0 Å². The van der Waals surface area contributed by atoms with Gasteiger partial charge in [0.1, 0.15) is 0 Å². The number of nitrogens with one attached hydrogen (secondary N) is 1. The second-order valence-electron chi connectivity index (χ2n) is 5.54. The van der Waals surface area contributed by atoms with E-state index in [-0.39, 0.29) is 17.9 Å². The maximum atomic E-state index is 12.0. The number of rotatable bonds is 3. The van der Waals surface area contributed by atoms with E-state index in [0.717, 1.165) is 23.2 Å². The molecule has 1 aliphatic heterocycles. The van der Waals surface area contributed by atoms with E-state index >= 15 is 0 Å². The van der Waals surface area contributed by atoms with Crippen molar-refractivity contribution < 1.29 is 4.79 Å². The van der Waals surface area contributed by atoms with Crippen molar-refractivity contribution in [1.82, 2.24) is 0 Å². The fraction of sp³-hybridized carbons (Fsp3) is 0.533. The highest BCUT2D eigenvalue weighted by molar-refractivity contribution is 6.03. The number of hydrogen-bond acceptors (Lipinski definition) is 2. The van der Waals surface area contributed by atoms with Crippen molar-refractivity contribution in [2.24, 2.45) is 11.7 Å². The van der Waals surface area contributed by atoms with E-state index in [1.54, 1.807) is 0 Å². The molecule has 1 aromatic carbocycles. The van der Waals surface area contributed by atoms with Crippen LogP contribution in [0.3, 0.4) is 0 Å². The van der Waals surface area contributed by atoms with E-state index in [2.05, 4.69) is 38.2 Å². The Hall–Kier alpha value is -1.35. The lowest BCUT2D eigenvalue weighted by molar-refractivity contribution is -0.117. The van der Waals surface area contributed by atoms with Crippen LogP contribution in [-0.4, -0.2) is 5.91 Å². The highest BCUT2D eigenvalue weighted by atomic mass is 16.2. The fourth-order valence-corrected chi connectivity index (χ4v) is 2.64. The summed E-state index contributed by atoms with van der Waals surface area (Å²) in [4.78, 5) is 12.0. The number of amides is 1. The molecule has 0 saturated heterocycles. The van der Waals surface area contributed by atoms with Crippen molar-refractivity contribution in [3.05, 3.63) is 28.8 Å². The summed E-state index contributed by atoms with van der Waals surface area (Å²) in [5, 5.41) is 3.01. The number of carbonyl (C=O) groups excluding carboxylic acids is 1. The van der Waals surface area contributed by atoms with Crippen LogP contribution in [-0.2, 0) is 4.79 Å². The molecular weight excluding hydrogens is 224 g/mol. The van der Waals surface area contributed by atoms with Gasteiger partial charge in [-0.3, -0.25) is 4.79 Å². The number of anilines is 1. The second-order valence-corrected chi connectivity index (χ2v) is 5.54. The Morgan fingerprint density at radius 2 is 2.06 bits per heavy atom. The van der Waals surface area contributed by atoms with Crippen LogP contribution in [0.2, 0.25) is 0 Å². The predicted octanol–water partition coefficient (Wildman–Crippen LogP) is 3.10. The van der Waals surface area contributed by atoms with Crippen LogP contribution in [0.15, 0.2) is 12.1 Å². The molecular formula is C15H22N2O. The van der Waals surface area contributed by atoms with Gasteiger partial charge in [0.15, 0.2) is 0 Å². The first kappa shape index (κ1) is 13.1. The second kappa shape index (κ2) is 4.73. The standard InChI is InChI=1S/C15H22N2O/c1-5-10-11-6-9(4)7-12(13(16)8(2)3)14(11)17-15(10)18/h6-8,10,13H,5,16H2,1-4H3,(H,17,18). The minimum absolute atomic E-state index is 0.0157. The van der Waals surface area contributed by atoms with Gasteiger partial charge < -0.3 is 11.1 Å². The van der Waals surface area contributed by atoms with Gasteiger partial charge in [-0.2, -0.15) is 0 Å². The molecule has 0 bridgehead atoms. The minimum Gasteiger partial charge on any atom is -0.325 e. The summed E-state index contributed by atoms with van der Waals surface area (Å²) < 4.78 is 0. The summed E-state index contributed by atoms with van der Waals surface area (Å²) in [6.07, 6.45) is 0.832. The zero-order valence-electron chi connectivity index (χ0n) is 11.6. The third-order valence-electron chi connectivity index (χ3n) is 3.77. The molecule has 1 heterocycles. The molecule has 1 amide bonds. The highest BCUT2D eigenvalue weighted by Gasteiger charge is 2.32. The smallest absolute Gasteiger partial charge is 0.232 e. The largest absolute Gasteiger partial charge is 0.325 e. The number of fused-ring (bicyclic) bond motifs is 1. The van der Waals surface area contributed by atoms with Gasteiger partial charge in [0.25, 0.3) is 0 Å². The maximum Gasteiger partial charge on any atom is 0.232 e. The number of nitrogens with two attached hydrogens (primary N) is 1. The lowest BCUT2D eigenvalue weighted by Crippen LogP contribution is -2.18. The molecule has 0 saturated carbocycles. The van der Waals surface area contributed by atoms with Gasteiger partial charge in [-0.05, 0) is 30.4 Å². The van der Waals surface area contributed by atoms with Gasteiger partial charge in [-0.15, -0.1) is 0 Å². The van der Waals surface area contributed by atoms with Crippen molar-refractivity contribution in [3.63, 3.8) is 0 Å². The average molecular weight is 246 g/mol. The first-order chi connectivity index (χ1) is 8.45. The Morgan fingerprint density at radius 3 is 2.61 bits per heavy atom. The van der Waals surface area contributed by atoms with Crippen molar-refractivity contribution in [1.29, 1.82) is 0 Å². The molecule has 0 aliphatic carbocycles. The molecule has 3 heteroatoms. The van der Waals surface area contributed by atoms with Crippen molar-refractivity contribution in [2.75, 3.05) is 5.32 Å². The lowest BCUT2D eigenvalue weighted by atomic mass is 9.89. The van der Waals surface area contributed by atoms with Gasteiger partial charge in [0, 0.05) is 11.7 Å². The summed E-state index contributed by atoms with van der Waals surface area (Å²) in [5.74, 6) is 0.446. The topological polar surface area (TPSA) is 55.1 Å². The van der Waals surface area contributed by atoms with Crippen molar-refractivity contribution in [2.45, 2.75) is 46.1 Å². The number of hydrogen-bond donors (Lipinski definition) is 2. The van der Waals surface area contributed by atoms with Crippen LogP contribution in [0, 0.1) is 12.8 Å². The summed E-state index contributed by atoms with van der Waals surface area (Å²) in [5.41, 5.74) is 10.6. The van der Waals surface area contributed by atoms with E-state index in [1.165, 1.54) is 5.56 Å². The van der Waals surface area contributed by atoms with Crippen molar-refractivity contribution >= 4 is 11.6 Å². The van der Waals surface area contributed by atoms with E-state index in [0.29, 0.717) is 5.92 Å². The Balaban J connectivity index is 2.55. The molecule has 0 aromatic heterocycles. The van der Waals surface area contributed by atoms with Gasteiger partial charge in [0.05, 0.1) is 5.92 Å². The number of carbonyl (C=O) groups is 1. The van der Waals surface area contributed by atoms with Crippen LogP contribution in [0.5, 0.6) is 0 Å². The normalized spacial score (nSPS) is 19.9. The Kier molecular flexibility index (Phi) is 3.44. The zero-order valence-corrected chi connectivity index (χ0v) is 11.6. The fourth-order valence-electron chi connectivity index (χ4n) is 2.64. The molecule has 3 N–H and O–H groups in total. The first-order valence-corrected chi connectivity index (χ1v) is 6.66. The third kappa shape index (κ3) is 2.03.